The van der Waals surface area contributed by atoms with E-state index in [1.807, 2.05) is 0 Å². The largest absolute Gasteiger partial charge is 0.478 e. The molecule has 1 heterocycles. The number of carbonyl (C=O) groups is 1. The van der Waals surface area contributed by atoms with Crippen LogP contribution in [0.4, 0.5) is 0 Å². The molecule has 0 saturated carbocycles. The summed E-state index contributed by atoms with van der Waals surface area (Å²) in [6, 6.07) is 7.03. The highest BCUT2D eigenvalue weighted by molar-refractivity contribution is 6.30. The Hall–Kier alpha value is -1.81. The summed E-state index contributed by atoms with van der Waals surface area (Å²) in [6.07, 6.45) is 1.33. The fourth-order valence-corrected chi connectivity index (χ4v) is 1.76. The molecule has 16 heavy (non-hydrogen) atoms. The highest BCUT2D eigenvalue weighted by atomic mass is 35.5. The molecule has 1 aromatic carbocycles. The zero-order valence-electron chi connectivity index (χ0n) is 8.51. The van der Waals surface area contributed by atoms with Crippen molar-refractivity contribution >= 4 is 17.6 Å². The zero-order chi connectivity index (χ0) is 11.7. The summed E-state index contributed by atoms with van der Waals surface area (Å²) in [4.78, 5) is 11.0. The molecule has 2 rings (SSSR count). The molecule has 0 atom stereocenters. The fourth-order valence-electron chi connectivity index (χ4n) is 1.57. The fraction of sp³-hybridized carbons (Fsp3) is 0.0909. The first-order valence-electron chi connectivity index (χ1n) is 4.61. The zero-order valence-corrected chi connectivity index (χ0v) is 9.27. The van der Waals surface area contributed by atoms with E-state index >= 15 is 0 Å². The van der Waals surface area contributed by atoms with Crippen molar-refractivity contribution in [1.82, 2.24) is 9.78 Å². The number of hydrogen-bond acceptors (Lipinski definition) is 2. The van der Waals surface area contributed by atoms with Gasteiger partial charge < -0.3 is 5.11 Å². The van der Waals surface area contributed by atoms with Gasteiger partial charge in [-0.15, -0.1) is 0 Å². The van der Waals surface area contributed by atoms with Gasteiger partial charge in [0.25, 0.3) is 0 Å². The van der Waals surface area contributed by atoms with Gasteiger partial charge >= 0.3 is 5.97 Å². The van der Waals surface area contributed by atoms with Crippen molar-refractivity contribution in [2.24, 2.45) is 7.05 Å². The average molecular weight is 237 g/mol. The monoisotopic (exact) mass is 236 g/mol. The van der Waals surface area contributed by atoms with E-state index in [0.29, 0.717) is 10.7 Å². The van der Waals surface area contributed by atoms with Crippen LogP contribution in [-0.2, 0) is 7.05 Å². The number of nitrogens with zero attached hydrogens (tertiary/aromatic N) is 2. The van der Waals surface area contributed by atoms with Crippen LogP contribution in [0.1, 0.15) is 10.4 Å². The van der Waals surface area contributed by atoms with Crippen molar-refractivity contribution < 1.29 is 9.90 Å². The number of carboxylic acid groups (broad SMARTS) is 1. The van der Waals surface area contributed by atoms with Crippen molar-refractivity contribution in [1.29, 1.82) is 0 Å². The first-order chi connectivity index (χ1) is 7.59. The number of halogens is 1. The van der Waals surface area contributed by atoms with E-state index < -0.39 is 5.97 Å². The molecule has 0 aliphatic carbocycles. The summed E-state index contributed by atoms with van der Waals surface area (Å²) in [5, 5.41) is 13.5. The minimum atomic E-state index is -0.997. The van der Waals surface area contributed by atoms with Gasteiger partial charge in [0.1, 0.15) is 5.56 Å². The summed E-state index contributed by atoms with van der Waals surface area (Å²) in [5.41, 5.74) is 1.46. The van der Waals surface area contributed by atoms with Gasteiger partial charge in [-0.2, -0.15) is 5.10 Å². The van der Waals surface area contributed by atoms with Crippen LogP contribution in [-0.4, -0.2) is 20.9 Å². The quantitative estimate of drug-likeness (QED) is 0.871. The van der Waals surface area contributed by atoms with Gasteiger partial charge in [0.2, 0.25) is 0 Å². The summed E-state index contributed by atoms with van der Waals surface area (Å²) < 4.78 is 1.52. The molecule has 0 bridgehead atoms. The lowest BCUT2D eigenvalue weighted by atomic mass is 10.1. The lowest BCUT2D eigenvalue weighted by Crippen LogP contribution is -2.00. The lowest BCUT2D eigenvalue weighted by Gasteiger charge is -2.04. The van der Waals surface area contributed by atoms with E-state index in [-0.39, 0.29) is 5.56 Å². The van der Waals surface area contributed by atoms with Crippen molar-refractivity contribution in [3.63, 3.8) is 0 Å². The number of rotatable bonds is 2. The standard InChI is InChI=1S/C11H9ClN2O2/c1-14-10(9(6-13-14)11(15)16)7-3-2-4-8(12)5-7/h2-6H,1H3,(H,15,16). The summed E-state index contributed by atoms with van der Waals surface area (Å²) in [5.74, 6) is -0.997. The SMILES string of the molecule is Cn1ncc(C(=O)O)c1-c1cccc(Cl)c1. The second kappa shape index (κ2) is 3.98. The molecule has 5 heteroatoms. The van der Waals surface area contributed by atoms with Gasteiger partial charge in [-0.25, -0.2) is 4.79 Å². The minimum Gasteiger partial charge on any atom is -0.478 e. The molecule has 82 valence electrons. The normalized spacial score (nSPS) is 10.4. The molecule has 0 radical (unpaired) electrons. The Morgan fingerprint density at radius 3 is 2.88 bits per heavy atom. The second-order valence-corrected chi connectivity index (χ2v) is 3.78. The molecule has 0 unspecified atom stereocenters. The summed E-state index contributed by atoms with van der Waals surface area (Å²) in [6.45, 7) is 0. The van der Waals surface area contributed by atoms with Gasteiger partial charge in [-0.1, -0.05) is 23.7 Å². The maximum atomic E-state index is 11.0. The van der Waals surface area contributed by atoms with Crippen LogP contribution in [0.3, 0.4) is 0 Å². The van der Waals surface area contributed by atoms with Crippen LogP contribution in [0.25, 0.3) is 11.3 Å². The molecule has 0 spiro atoms. The smallest absolute Gasteiger partial charge is 0.339 e. The van der Waals surface area contributed by atoms with E-state index in [1.165, 1.54) is 10.9 Å². The number of carboxylic acids is 1. The molecule has 0 amide bonds. The Labute approximate surface area is 97.1 Å². The molecular weight excluding hydrogens is 228 g/mol. The number of aryl methyl sites for hydroxylation is 1. The second-order valence-electron chi connectivity index (χ2n) is 3.35. The van der Waals surface area contributed by atoms with E-state index in [1.54, 1.807) is 31.3 Å². The van der Waals surface area contributed by atoms with Gasteiger partial charge in [-0.3, -0.25) is 4.68 Å². The van der Waals surface area contributed by atoms with E-state index in [2.05, 4.69) is 5.10 Å². The number of aromatic nitrogens is 2. The Morgan fingerprint density at radius 1 is 1.50 bits per heavy atom. The predicted molar refractivity (Wildman–Crippen MR) is 60.6 cm³/mol. The Kier molecular flexibility index (Phi) is 2.66. The van der Waals surface area contributed by atoms with Gasteiger partial charge in [-0.05, 0) is 12.1 Å². The topological polar surface area (TPSA) is 55.1 Å². The molecular formula is C11H9ClN2O2. The highest BCUT2D eigenvalue weighted by Gasteiger charge is 2.16. The maximum Gasteiger partial charge on any atom is 0.339 e. The molecule has 0 fully saturated rings. The number of aromatic carboxylic acids is 1. The molecule has 4 nitrogen and oxygen atoms in total. The molecule has 1 aromatic heterocycles. The average Bonchev–Trinajstić information content (AvgIpc) is 2.60. The Morgan fingerprint density at radius 2 is 2.25 bits per heavy atom. The van der Waals surface area contributed by atoms with Crippen molar-refractivity contribution in [3.8, 4) is 11.3 Å². The third-order valence-corrected chi connectivity index (χ3v) is 2.50. The van der Waals surface area contributed by atoms with E-state index in [0.717, 1.165) is 5.56 Å². The van der Waals surface area contributed by atoms with Gasteiger partial charge in [0, 0.05) is 17.6 Å². The molecule has 0 saturated heterocycles. The van der Waals surface area contributed by atoms with E-state index in [4.69, 9.17) is 16.7 Å². The van der Waals surface area contributed by atoms with Crippen molar-refractivity contribution in [3.05, 3.63) is 41.0 Å². The van der Waals surface area contributed by atoms with Crippen LogP contribution in [0, 0.1) is 0 Å². The number of benzene rings is 1. The van der Waals surface area contributed by atoms with E-state index in [9.17, 15) is 4.79 Å². The van der Waals surface area contributed by atoms with Crippen molar-refractivity contribution in [2.75, 3.05) is 0 Å². The van der Waals surface area contributed by atoms with Crippen LogP contribution in [0.15, 0.2) is 30.5 Å². The molecule has 2 aromatic rings. The van der Waals surface area contributed by atoms with Gasteiger partial charge in [0.15, 0.2) is 0 Å². The van der Waals surface area contributed by atoms with Crippen LogP contribution < -0.4 is 0 Å². The predicted octanol–water partition coefficient (Wildman–Crippen LogP) is 2.44. The van der Waals surface area contributed by atoms with Crippen LogP contribution in [0.2, 0.25) is 5.02 Å². The number of hydrogen-bond donors (Lipinski definition) is 1. The summed E-state index contributed by atoms with van der Waals surface area (Å²) in [7, 11) is 1.70. The Bertz CT molecular complexity index is 549. The molecule has 0 aliphatic rings. The highest BCUT2D eigenvalue weighted by Crippen LogP contribution is 2.25. The van der Waals surface area contributed by atoms with Gasteiger partial charge in [0.05, 0.1) is 11.9 Å². The minimum absolute atomic E-state index is 0.171. The van der Waals surface area contributed by atoms with Crippen LogP contribution >= 0.6 is 11.6 Å². The maximum absolute atomic E-state index is 11.0. The summed E-state index contributed by atoms with van der Waals surface area (Å²) >= 11 is 5.87. The van der Waals surface area contributed by atoms with Crippen molar-refractivity contribution in [2.45, 2.75) is 0 Å². The first kappa shape index (κ1) is 10.7. The molecule has 0 aliphatic heterocycles. The first-order valence-corrected chi connectivity index (χ1v) is 4.98. The Balaban J connectivity index is 2.63. The third-order valence-electron chi connectivity index (χ3n) is 2.27. The third kappa shape index (κ3) is 1.79. The lowest BCUT2D eigenvalue weighted by molar-refractivity contribution is 0.0697. The molecule has 1 N–H and O–H groups in total. The van der Waals surface area contributed by atoms with Crippen LogP contribution in [0.5, 0.6) is 0 Å².